The second-order valence-electron chi connectivity index (χ2n) is 8.09. The maximum absolute atomic E-state index is 12.4. The molecule has 0 radical (unpaired) electrons. The van der Waals surface area contributed by atoms with Gasteiger partial charge in [0.05, 0.1) is 6.42 Å². The number of hydrogen-bond acceptors (Lipinski definition) is 7. The monoisotopic (exact) mass is 381 g/mol. The molecule has 1 aromatic rings. The highest BCUT2D eigenvalue weighted by atomic mass is 16.6. The molecule has 0 saturated carbocycles. The van der Waals surface area contributed by atoms with Crippen molar-refractivity contribution in [3.05, 3.63) is 23.8 Å². The minimum Gasteiger partial charge on any atom is -0.508 e. The minimum absolute atomic E-state index is 0.0785. The van der Waals surface area contributed by atoms with E-state index in [2.05, 4.69) is 5.32 Å². The van der Waals surface area contributed by atoms with Crippen LogP contribution in [0.5, 0.6) is 11.5 Å². The number of hydrogen-bond donors (Lipinski definition) is 3. The number of rotatable bonds is 5. The van der Waals surface area contributed by atoms with Gasteiger partial charge in [-0.05, 0) is 53.7 Å². The number of phenols is 2. The summed E-state index contributed by atoms with van der Waals surface area (Å²) in [5.74, 6) is -2.88. The highest BCUT2D eigenvalue weighted by Gasteiger charge is 2.31. The molecule has 0 spiro atoms. The SMILES string of the molecule is CC(C)(C)OC(=O)C[C@H](NC(=O)c1cc(O)cc(O)c1)C(=O)OC(C)(C)C. The molecule has 1 rings (SSSR count). The van der Waals surface area contributed by atoms with Gasteiger partial charge in [-0.3, -0.25) is 9.59 Å². The number of ether oxygens (including phenoxy) is 2. The number of esters is 2. The van der Waals surface area contributed by atoms with E-state index in [1.165, 1.54) is 0 Å². The van der Waals surface area contributed by atoms with E-state index in [-0.39, 0.29) is 17.1 Å². The van der Waals surface area contributed by atoms with Crippen molar-refractivity contribution in [2.75, 3.05) is 0 Å². The lowest BCUT2D eigenvalue weighted by Gasteiger charge is -2.25. The van der Waals surface area contributed by atoms with Crippen LogP contribution < -0.4 is 5.32 Å². The third-order valence-corrected chi connectivity index (χ3v) is 2.95. The molecule has 1 aromatic carbocycles. The van der Waals surface area contributed by atoms with Crippen molar-refractivity contribution >= 4 is 17.8 Å². The van der Waals surface area contributed by atoms with Gasteiger partial charge in [-0.2, -0.15) is 0 Å². The van der Waals surface area contributed by atoms with Crippen molar-refractivity contribution in [3.63, 3.8) is 0 Å². The van der Waals surface area contributed by atoms with Crippen LogP contribution in [0.4, 0.5) is 0 Å². The van der Waals surface area contributed by atoms with Crippen LogP contribution in [0, 0.1) is 0 Å². The van der Waals surface area contributed by atoms with Crippen LogP contribution in [-0.4, -0.2) is 45.3 Å². The van der Waals surface area contributed by atoms with Crippen molar-refractivity contribution in [2.24, 2.45) is 0 Å². The van der Waals surface area contributed by atoms with E-state index < -0.39 is 41.5 Å². The highest BCUT2D eigenvalue weighted by Crippen LogP contribution is 2.21. The van der Waals surface area contributed by atoms with Crippen LogP contribution >= 0.6 is 0 Å². The van der Waals surface area contributed by atoms with E-state index in [0.29, 0.717) is 0 Å². The molecule has 0 aliphatic rings. The zero-order valence-electron chi connectivity index (χ0n) is 16.5. The molecule has 8 nitrogen and oxygen atoms in total. The lowest BCUT2D eigenvalue weighted by Crippen LogP contribution is -2.46. The molecule has 0 aliphatic heterocycles. The van der Waals surface area contributed by atoms with Gasteiger partial charge in [-0.1, -0.05) is 0 Å². The number of phenolic OH excluding ortho intramolecular Hbond substituents is 2. The summed E-state index contributed by atoms with van der Waals surface area (Å²) in [4.78, 5) is 36.9. The van der Waals surface area contributed by atoms with Gasteiger partial charge >= 0.3 is 11.9 Å². The van der Waals surface area contributed by atoms with Crippen molar-refractivity contribution in [2.45, 2.75) is 65.2 Å². The Labute approximate surface area is 158 Å². The molecule has 0 saturated heterocycles. The number of aromatic hydroxyl groups is 2. The van der Waals surface area contributed by atoms with Crippen LogP contribution in [0.15, 0.2) is 18.2 Å². The minimum atomic E-state index is -1.30. The molecular weight excluding hydrogens is 354 g/mol. The summed E-state index contributed by atoms with van der Waals surface area (Å²) in [7, 11) is 0. The molecule has 0 unspecified atom stereocenters. The molecule has 1 amide bonds. The predicted octanol–water partition coefficient (Wildman–Crippen LogP) is 2.27. The van der Waals surface area contributed by atoms with Gasteiger partial charge < -0.3 is 25.0 Å². The Morgan fingerprint density at radius 2 is 1.41 bits per heavy atom. The van der Waals surface area contributed by atoms with E-state index in [4.69, 9.17) is 9.47 Å². The van der Waals surface area contributed by atoms with Crippen molar-refractivity contribution in [1.29, 1.82) is 0 Å². The molecule has 0 aliphatic carbocycles. The van der Waals surface area contributed by atoms with Crippen LogP contribution in [0.1, 0.15) is 58.3 Å². The Bertz CT molecular complexity index is 693. The Morgan fingerprint density at radius 1 is 0.926 bits per heavy atom. The maximum Gasteiger partial charge on any atom is 0.329 e. The summed E-state index contributed by atoms with van der Waals surface area (Å²) in [6.45, 7) is 10.0. The molecule has 8 heteroatoms. The molecule has 0 bridgehead atoms. The van der Waals surface area contributed by atoms with E-state index in [9.17, 15) is 24.6 Å². The largest absolute Gasteiger partial charge is 0.508 e. The van der Waals surface area contributed by atoms with Gasteiger partial charge in [0.25, 0.3) is 5.91 Å². The Balaban J connectivity index is 3.00. The standard InChI is InChI=1S/C19H27NO7/c1-18(2,3)26-15(23)10-14(17(25)27-19(4,5)6)20-16(24)11-7-12(21)9-13(22)8-11/h7-9,14,21-22H,10H2,1-6H3,(H,20,24)/t14-/m0/s1. The zero-order chi connectivity index (χ0) is 21.0. The number of benzene rings is 1. The fraction of sp³-hybridized carbons (Fsp3) is 0.526. The Kier molecular flexibility index (Phi) is 6.83. The van der Waals surface area contributed by atoms with Gasteiger partial charge in [0.15, 0.2) is 0 Å². The summed E-state index contributed by atoms with van der Waals surface area (Å²) >= 11 is 0. The number of carbonyl (C=O) groups excluding carboxylic acids is 3. The normalized spacial score (nSPS) is 12.8. The topological polar surface area (TPSA) is 122 Å². The highest BCUT2D eigenvalue weighted by molar-refractivity contribution is 5.98. The van der Waals surface area contributed by atoms with Crippen molar-refractivity contribution < 1.29 is 34.1 Å². The first-order chi connectivity index (χ1) is 12.2. The molecule has 150 valence electrons. The van der Waals surface area contributed by atoms with Crippen molar-refractivity contribution in [3.8, 4) is 11.5 Å². The first-order valence-corrected chi connectivity index (χ1v) is 8.45. The van der Waals surface area contributed by atoms with E-state index in [0.717, 1.165) is 18.2 Å². The lowest BCUT2D eigenvalue weighted by atomic mass is 10.1. The van der Waals surface area contributed by atoms with Crippen molar-refractivity contribution in [1.82, 2.24) is 5.32 Å². The molecule has 0 heterocycles. The van der Waals surface area contributed by atoms with Gasteiger partial charge in [-0.15, -0.1) is 0 Å². The molecule has 27 heavy (non-hydrogen) atoms. The van der Waals surface area contributed by atoms with E-state index in [1.54, 1.807) is 41.5 Å². The average Bonchev–Trinajstić information content (AvgIpc) is 2.41. The van der Waals surface area contributed by atoms with Crippen LogP contribution in [-0.2, 0) is 19.1 Å². The van der Waals surface area contributed by atoms with Crippen LogP contribution in [0.2, 0.25) is 0 Å². The molecule has 1 atom stereocenters. The third kappa shape index (κ3) is 8.44. The molecular formula is C19H27NO7. The summed E-state index contributed by atoms with van der Waals surface area (Å²) in [6, 6.07) is 2.00. The summed E-state index contributed by atoms with van der Waals surface area (Å²) < 4.78 is 10.5. The summed E-state index contributed by atoms with van der Waals surface area (Å²) in [5, 5.41) is 21.4. The second kappa shape index (κ2) is 8.28. The fourth-order valence-corrected chi connectivity index (χ4v) is 2.08. The van der Waals surface area contributed by atoms with Crippen LogP contribution in [0.3, 0.4) is 0 Å². The van der Waals surface area contributed by atoms with E-state index in [1.807, 2.05) is 0 Å². The molecule has 0 fully saturated rings. The summed E-state index contributed by atoms with van der Waals surface area (Å²) in [6.07, 6.45) is -0.428. The smallest absolute Gasteiger partial charge is 0.329 e. The Hall–Kier alpha value is -2.77. The number of nitrogens with one attached hydrogen (secondary N) is 1. The lowest BCUT2D eigenvalue weighted by molar-refractivity contribution is -0.164. The third-order valence-electron chi connectivity index (χ3n) is 2.95. The Morgan fingerprint density at radius 3 is 1.85 bits per heavy atom. The van der Waals surface area contributed by atoms with E-state index >= 15 is 0 Å². The maximum atomic E-state index is 12.4. The second-order valence-corrected chi connectivity index (χ2v) is 8.09. The summed E-state index contributed by atoms with van der Waals surface area (Å²) in [5.41, 5.74) is -1.65. The van der Waals surface area contributed by atoms with Crippen LogP contribution in [0.25, 0.3) is 0 Å². The fourth-order valence-electron chi connectivity index (χ4n) is 2.08. The van der Waals surface area contributed by atoms with Gasteiger partial charge in [0.1, 0.15) is 28.7 Å². The number of amides is 1. The molecule has 3 N–H and O–H groups in total. The zero-order valence-corrected chi connectivity index (χ0v) is 16.5. The van der Waals surface area contributed by atoms with Gasteiger partial charge in [0, 0.05) is 11.6 Å². The predicted molar refractivity (Wildman–Crippen MR) is 97.3 cm³/mol. The van der Waals surface area contributed by atoms with Gasteiger partial charge in [0.2, 0.25) is 0 Å². The first kappa shape index (κ1) is 22.3. The quantitative estimate of drug-likeness (QED) is 0.669. The number of carbonyl (C=O) groups is 3. The van der Waals surface area contributed by atoms with Gasteiger partial charge in [-0.25, -0.2) is 4.79 Å². The average molecular weight is 381 g/mol. The molecule has 0 aromatic heterocycles. The first-order valence-electron chi connectivity index (χ1n) is 8.45.